The maximum absolute atomic E-state index is 5.27. The van der Waals surface area contributed by atoms with Gasteiger partial charge in [-0.3, -0.25) is 4.99 Å². The fourth-order valence-electron chi connectivity index (χ4n) is 1.83. The van der Waals surface area contributed by atoms with Gasteiger partial charge in [-0.25, -0.2) is 0 Å². The molecule has 2 heterocycles. The molecule has 0 saturated carbocycles. The van der Waals surface area contributed by atoms with E-state index in [0.717, 1.165) is 16.7 Å². The van der Waals surface area contributed by atoms with Crippen LogP contribution in [0.4, 0.5) is 0 Å². The average molecular weight is 252 g/mol. The molecule has 1 saturated heterocycles. The van der Waals surface area contributed by atoms with Crippen molar-refractivity contribution < 1.29 is 4.42 Å². The Morgan fingerprint density at radius 2 is 2.35 bits per heavy atom. The van der Waals surface area contributed by atoms with Gasteiger partial charge in [-0.15, -0.1) is 0 Å². The summed E-state index contributed by atoms with van der Waals surface area (Å²) in [5, 5.41) is 4.58. The maximum atomic E-state index is 5.27. The maximum Gasteiger partial charge on any atom is 0.157 e. The minimum absolute atomic E-state index is 0.284. The first-order chi connectivity index (χ1) is 8.05. The molecular weight excluding hydrogens is 232 g/mol. The Hall–Kier alpha value is -0.900. The molecule has 1 aliphatic rings. The van der Waals surface area contributed by atoms with E-state index in [-0.39, 0.29) is 5.41 Å². The van der Waals surface area contributed by atoms with Crippen LogP contribution in [0.3, 0.4) is 0 Å². The van der Waals surface area contributed by atoms with Crippen molar-refractivity contribution in [3.05, 3.63) is 24.2 Å². The molecule has 1 unspecified atom stereocenters. The topological polar surface area (TPSA) is 37.5 Å². The van der Waals surface area contributed by atoms with Crippen molar-refractivity contribution in [1.82, 2.24) is 5.32 Å². The normalized spacial score (nSPS) is 23.7. The lowest BCUT2D eigenvalue weighted by atomic mass is 9.85. The van der Waals surface area contributed by atoms with E-state index < -0.39 is 0 Å². The first-order valence-electron chi connectivity index (χ1n) is 6.02. The number of hydrogen-bond acceptors (Lipinski definition) is 3. The molecule has 0 bridgehead atoms. The number of aliphatic imine (C=N–C) groups is 1. The number of amidine groups is 1. The molecule has 94 valence electrons. The van der Waals surface area contributed by atoms with Crippen LogP contribution < -0.4 is 5.32 Å². The summed E-state index contributed by atoms with van der Waals surface area (Å²) in [6.07, 6.45) is 2.89. The summed E-state index contributed by atoms with van der Waals surface area (Å²) >= 11 is 1.80. The Morgan fingerprint density at radius 3 is 3.00 bits per heavy atom. The van der Waals surface area contributed by atoms with Gasteiger partial charge in [0.2, 0.25) is 0 Å². The number of rotatable bonds is 2. The van der Waals surface area contributed by atoms with E-state index in [0.29, 0.717) is 12.6 Å². The van der Waals surface area contributed by atoms with E-state index in [2.05, 4.69) is 31.1 Å². The van der Waals surface area contributed by atoms with Crippen LogP contribution in [0, 0.1) is 5.41 Å². The molecule has 1 aromatic heterocycles. The van der Waals surface area contributed by atoms with Gasteiger partial charge in [0.25, 0.3) is 0 Å². The zero-order chi connectivity index (χ0) is 12.3. The average Bonchev–Trinajstić information content (AvgIpc) is 2.78. The highest BCUT2D eigenvalue weighted by Gasteiger charge is 2.28. The second-order valence-corrected chi connectivity index (χ2v) is 6.48. The van der Waals surface area contributed by atoms with Crippen molar-refractivity contribution in [2.75, 3.05) is 5.75 Å². The number of nitrogens with one attached hydrogen (secondary N) is 1. The number of furan rings is 1. The van der Waals surface area contributed by atoms with Gasteiger partial charge in [-0.05, 0) is 24.0 Å². The van der Waals surface area contributed by atoms with Crippen LogP contribution in [0.5, 0.6) is 0 Å². The van der Waals surface area contributed by atoms with Crippen LogP contribution in [0.2, 0.25) is 0 Å². The Bertz CT molecular complexity index is 379. The molecule has 3 nitrogen and oxygen atoms in total. The van der Waals surface area contributed by atoms with Gasteiger partial charge >= 0.3 is 0 Å². The predicted octanol–water partition coefficient (Wildman–Crippen LogP) is 3.28. The second kappa shape index (κ2) is 5.17. The molecule has 2 rings (SSSR count). The van der Waals surface area contributed by atoms with Crippen LogP contribution in [-0.2, 0) is 6.54 Å². The number of nitrogens with zero attached hydrogens (tertiary/aromatic N) is 1. The smallest absolute Gasteiger partial charge is 0.157 e. The van der Waals surface area contributed by atoms with Gasteiger partial charge in [0.15, 0.2) is 5.17 Å². The summed E-state index contributed by atoms with van der Waals surface area (Å²) in [5.74, 6) is 2.06. The monoisotopic (exact) mass is 252 g/mol. The van der Waals surface area contributed by atoms with Crippen molar-refractivity contribution in [3.8, 4) is 0 Å². The largest absolute Gasteiger partial charge is 0.467 e. The first-order valence-corrected chi connectivity index (χ1v) is 7.00. The molecule has 0 aliphatic carbocycles. The van der Waals surface area contributed by atoms with Gasteiger partial charge in [0.1, 0.15) is 5.76 Å². The molecule has 4 heteroatoms. The van der Waals surface area contributed by atoms with Crippen molar-refractivity contribution in [2.45, 2.75) is 39.8 Å². The Labute approximate surface area is 107 Å². The number of hydrogen-bond donors (Lipinski definition) is 1. The van der Waals surface area contributed by atoms with Crippen LogP contribution in [-0.4, -0.2) is 17.0 Å². The van der Waals surface area contributed by atoms with E-state index in [1.165, 1.54) is 6.42 Å². The lowest BCUT2D eigenvalue weighted by Crippen LogP contribution is -2.46. The summed E-state index contributed by atoms with van der Waals surface area (Å²) in [4.78, 5) is 4.56. The van der Waals surface area contributed by atoms with Crippen LogP contribution >= 0.6 is 11.8 Å². The van der Waals surface area contributed by atoms with Crippen molar-refractivity contribution in [2.24, 2.45) is 10.4 Å². The Kier molecular flexibility index (Phi) is 3.82. The minimum Gasteiger partial charge on any atom is -0.467 e. The minimum atomic E-state index is 0.284. The van der Waals surface area contributed by atoms with Crippen LogP contribution in [0.15, 0.2) is 27.8 Å². The van der Waals surface area contributed by atoms with Crippen molar-refractivity contribution >= 4 is 16.9 Å². The highest BCUT2D eigenvalue weighted by atomic mass is 32.2. The van der Waals surface area contributed by atoms with Crippen LogP contribution in [0.1, 0.15) is 33.0 Å². The van der Waals surface area contributed by atoms with Crippen LogP contribution in [0.25, 0.3) is 0 Å². The Morgan fingerprint density at radius 1 is 1.53 bits per heavy atom. The zero-order valence-electron chi connectivity index (χ0n) is 10.7. The zero-order valence-corrected chi connectivity index (χ0v) is 11.5. The van der Waals surface area contributed by atoms with Gasteiger partial charge in [0, 0.05) is 11.8 Å². The van der Waals surface area contributed by atoms with E-state index in [1.807, 2.05) is 12.1 Å². The van der Waals surface area contributed by atoms with Gasteiger partial charge < -0.3 is 9.73 Å². The molecular formula is C13H20N2OS. The third-order valence-corrected chi connectivity index (χ3v) is 3.91. The molecule has 0 radical (unpaired) electrons. The fraction of sp³-hybridized carbons (Fsp3) is 0.615. The molecule has 1 atom stereocenters. The van der Waals surface area contributed by atoms with Gasteiger partial charge in [-0.1, -0.05) is 32.5 Å². The lowest BCUT2D eigenvalue weighted by molar-refractivity contribution is 0.290. The summed E-state index contributed by atoms with van der Waals surface area (Å²) in [7, 11) is 0. The third-order valence-electron chi connectivity index (χ3n) is 2.95. The van der Waals surface area contributed by atoms with E-state index in [9.17, 15) is 0 Å². The predicted molar refractivity (Wildman–Crippen MR) is 73.3 cm³/mol. The SMILES string of the molecule is CC(C)(C)C1CCSC(=NCc2ccco2)N1. The standard InChI is InChI=1S/C13H20N2OS/c1-13(2,3)11-6-8-17-12(15-11)14-9-10-5-4-7-16-10/h4-5,7,11H,6,8-9H2,1-3H3,(H,14,15). The molecule has 0 aromatic carbocycles. The third kappa shape index (κ3) is 3.53. The van der Waals surface area contributed by atoms with E-state index in [4.69, 9.17) is 4.42 Å². The van der Waals surface area contributed by atoms with Gasteiger partial charge in [-0.2, -0.15) is 0 Å². The second-order valence-electron chi connectivity index (χ2n) is 5.40. The molecule has 1 N–H and O–H groups in total. The number of thioether (sulfide) groups is 1. The molecule has 1 aliphatic heterocycles. The Balaban J connectivity index is 1.95. The van der Waals surface area contributed by atoms with E-state index in [1.54, 1.807) is 18.0 Å². The fourth-order valence-corrected chi connectivity index (χ4v) is 2.76. The molecule has 17 heavy (non-hydrogen) atoms. The van der Waals surface area contributed by atoms with Crippen molar-refractivity contribution in [3.63, 3.8) is 0 Å². The summed E-state index contributed by atoms with van der Waals surface area (Å²) in [5.41, 5.74) is 0.284. The summed E-state index contributed by atoms with van der Waals surface area (Å²) < 4.78 is 5.27. The molecule has 0 spiro atoms. The lowest BCUT2D eigenvalue weighted by Gasteiger charge is -2.35. The quantitative estimate of drug-likeness (QED) is 0.877. The molecule has 1 fully saturated rings. The highest BCUT2D eigenvalue weighted by Crippen LogP contribution is 2.27. The van der Waals surface area contributed by atoms with E-state index >= 15 is 0 Å². The van der Waals surface area contributed by atoms with Crippen molar-refractivity contribution in [1.29, 1.82) is 0 Å². The molecule has 1 aromatic rings. The van der Waals surface area contributed by atoms with Gasteiger partial charge in [0.05, 0.1) is 12.8 Å². The molecule has 0 amide bonds. The highest BCUT2D eigenvalue weighted by molar-refractivity contribution is 8.13. The first kappa shape index (κ1) is 12.6. The summed E-state index contributed by atoms with van der Waals surface area (Å²) in [6, 6.07) is 4.37. The summed E-state index contributed by atoms with van der Waals surface area (Å²) in [6.45, 7) is 7.43.